The van der Waals surface area contributed by atoms with Gasteiger partial charge in [0.05, 0.1) is 22.1 Å². The first-order valence-electron chi connectivity index (χ1n) is 7.67. The monoisotopic (exact) mass is 334 g/mol. The molecule has 1 aliphatic heterocycles. The zero-order valence-corrected chi connectivity index (χ0v) is 13.3. The van der Waals surface area contributed by atoms with Gasteiger partial charge < -0.3 is 9.80 Å². The fourth-order valence-electron chi connectivity index (χ4n) is 2.90. The van der Waals surface area contributed by atoms with Crippen LogP contribution in [0.2, 0.25) is 0 Å². The van der Waals surface area contributed by atoms with Crippen molar-refractivity contribution in [2.45, 2.75) is 0 Å². The van der Waals surface area contributed by atoms with Crippen molar-refractivity contribution >= 4 is 17.2 Å². The van der Waals surface area contributed by atoms with Crippen LogP contribution in [0, 0.1) is 32.8 Å². The Morgan fingerprint density at radius 3 is 2.44 bits per heavy atom. The average Bonchev–Trinajstić information content (AvgIpc) is 2.67. The maximum absolute atomic E-state index is 11.3. The molecule has 0 atom stereocenters. The number of aromatic nitrogens is 1. The van der Waals surface area contributed by atoms with Gasteiger partial charge in [-0.25, -0.2) is 4.98 Å². The molecule has 124 valence electrons. The molecule has 1 aromatic heterocycles. The number of piperazine rings is 1. The Bertz CT molecular complexity index is 891. The first-order chi connectivity index (χ1) is 12.1. The van der Waals surface area contributed by atoms with Crippen molar-refractivity contribution in [3.05, 3.63) is 57.8 Å². The van der Waals surface area contributed by atoms with Crippen molar-refractivity contribution in [2.24, 2.45) is 0 Å². The minimum atomic E-state index is -0.463. The predicted octanol–water partition coefficient (Wildman–Crippen LogP) is 2.06. The fourth-order valence-corrected chi connectivity index (χ4v) is 2.90. The van der Waals surface area contributed by atoms with E-state index in [1.54, 1.807) is 30.5 Å². The van der Waals surface area contributed by atoms with Crippen LogP contribution in [-0.4, -0.2) is 36.1 Å². The predicted molar refractivity (Wildman–Crippen MR) is 91.2 cm³/mol. The molecule has 1 fully saturated rings. The molecule has 0 unspecified atom stereocenters. The molecule has 2 heterocycles. The van der Waals surface area contributed by atoms with Crippen LogP contribution in [0.3, 0.4) is 0 Å². The summed E-state index contributed by atoms with van der Waals surface area (Å²) in [7, 11) is 0. The topological polar surface area (TPSA) is 110 Å². The molecule has 0 N–H and O–H groups in total. The van der Waals surface area contributed by atoms with E-state index in [2.05, 4.69) is 11.1 Å². The number of benzene rings is 1. The van der Waals surface area contributed by atoms with Crippen LogP contribution < -0.4 is 9.80 Å². The van der Waals surface area contributed by atoms with Crippen LogP contribution in [0.25, 0.3) is 0 Å². The molecule has 0 radical (unpaired) electrons. The number of rotatable bonds is 3. The Labute approximate surface area is 144 Å². The van der Waals surface area contributed by atoms with Gasteiger partial charge in [-0.15, -0.1) is 0 Å². The summed E-state index contributed by atoms with van der Waals surface area (Å²) < 4.78 is 0. The summed E-state index contributed by atoms with van der Waals surface area (Å²) in [6, 6.07) is 12.0. The lowest BCUT2D eigenvalue weighted by Crippen LogP contribution is -2.47. The van der Waals surface area contributed by atoms with Crippen molar-refractivity contribution in [1.82, 2.24) is 4.98 Å². The van der Waals surface area contributed by atoms with Gasteiger partial charge in [0.25, 0.3) is 5.69 Å². The van der Waals surface area contributed by atoms with E-state index in [1.807, 2.05) is 15.9 Å². The van der Waals surface area contributed by atoms with E-state index in [0.717, 1.165) is 0 Å². The van der Waals surface area contributed by atoms with Crippen molar-refractivity contribution < 1.29 is 4.92 Å². The van der Waals surface area contributed by atoms with Gasteiger partial charge in [-0.2, -0.15) is 10.5 Å². The van der Waals surface area contributed by atoms with Crippen molar-refractivity contribution in [2.75, 3.05) is 36.0 Å². The van der Waals surface area contributed by atoms with E-state index in [4.69, 9.17) is 5.26 Å². The van der Waals surface area contributed by atoms with E-state index in [1.165, 1.54) is 6.07 Å². The molecule has 8 heteroatoms. The SMILES string of the molecule is N#Cc1ccc(N2CCN(c3ncccc3C#N)CC2)c([N+](=O)[O-])c1. The Morgan fingerprint density at radius 1 is 1.08 bits per heavy atom. The summed E-state index contributed by atoms with van der Waals surface area (Å²) in [6.07, 6.45) is 1.65. The Kier molecular flexibility index (Phi) is 4.44. The largest absolute Gasteiger partial charge is 0.362 e. The minimum Gasteiger partial charge on any atom is -0.362 e. The Balaban J connectivity index is 1.80. The normalized spacial score (nSPS) is 13.8. The van der Waals surface area contributed by atoms with E-state index in [0.29, 0.717) is 43.2 Å². The number of pyridine rings is 1. The summed E-state index contributed by atoms with van der Waals surface area (Å²) in [4.78, 5) is 19.1. The lowest BCUT2D eigenvalue weighted by Gasteiger charge is -2.36. The van der Waals surface area contributed by atoms with E-state index >= 15 is 0 Å². The lowest BCUT2D eigenvalue weighted by atomic mass is 10.1. The number of nitro groups is 1. The van der Waals surface area contributed by atoms with Gasteiger partial charge in [0.1, 0.15) is 17.6 Å². The smallest absolute Gasteiger partial charge is 0.293 e. The summed E-state index contributed by atoms with van der Waals surface area (Å²) in [5, 5.41) is 29.4. The molecule has 8 nitrogen and oxygen atoms in total. The maximum Gasteiger partial charge on any atom is 0.293 e. The number of hydrogen-bond donors (Lipinski definition) is 0. The van der Waals surface area contributed by atoms with Crippen molar-refractivity contribution in [3.8, 4) is 12.1 Å². The van der Waals surface area contributed by atoms with Gasteiger partial charge >= 0.3 is 0 Å². The molecule has 1 saturated heterocycles. The second-order valence-corrected chi connectivity index (χ2v) is 5.53. The van der Waals surface area contributed by atoms with Crippen LogP contribution in [0.1, 0.15) is 11.1 Å². The Hall–Kier alpha value is -3.65. The van der Waals surface area contributed by atoms with Gasteiger partial charge in [0, 0.05) is 38.4 Å². The van der Waals surface area contributed by atoms with Gasteiger partial charge in [-0.3, -0.25) is 10.1 Å². The summed E-state index contributed by atoms with van der Waals surface area (Å²) in [5.74, 6) is 0.638. The van der Waals surface area contributed by atoms with Gasteiger partial charge in [0.2, 0.25) is 0 Å². The van der Waals surface area contributed by atoms with Gasteiger partial charge in [-0.05, 0) is 24.3 Å². The molecule has 0 bridgehead atoms. The highest BCUT2D eigenvalue weighted by atomic mass is 16.6. The number of hydrogen-bond acceptors (Lipinski definition) is 7. The van der Waals surface area contributed by atoms with Gasteiger partial charge in [0.15, 0.2) is 0 Å². The first kappa shape index (κ1) is 16.2. The third kappa shape index (κ3) is 3.19. The number of anilines is 2. The quantitative estimate of drug-likeness (QED) is 0.624. The van der Waals surface area contributed by atoms with Crippen molar-refractivity contribution in [3.63, 3.8) is 0 Å². The fraction of sp³-hybridized carbons (Fsp3) is 0.235. The van der Waals surface area contributed by atoms with Crippen molar-refractivity contribution in [1.29, 1.82) is 10.5 Å². The van der Waals surface area contributed by atoms with Gasteiger partial charge in [-0.1, -0.05) is 0 Å². The highest BCUT2D eigenvalue weighted by Gasteiger charge is 2.25. The number of nitro benzene ring substituents is 1. The molecule has 2 aromatic rings. The maximum atomic E-state index is 11.3. The highest BCUT2D eigenvalue weighted by molar-refractivity contribution is 5.66. The average molecular weight is 334 g/mol. The third-order valence-corrected chi connectivity index (χ3v) is 4.13. The second kappa shape index (κ2) is 6.85. The third-order valence-electron chi connectivity index (χ3n) is 4.13. The standard InChI is InChI=1S/C17H14N6O2/c18-11-13-3-4-15(16(10-13)23(24)25)21-6-8-22(9-7-21)17-14(12-19)2-1-5-20-17/h1-5,10H,6-9H2. The minimum absolute atomic E-state index is 0.0666. The van der Waals surface area contributed by atoms with Crippen LogP contribution in [0.4, 0.5) is 17.2 Å². The Morgan fingerprint density at radius 2 is 1.80 bits per heavy atom. The number of nitrogens with zero attached hydrogens (tertiary/aromatic N) is 6. The van der Waals surface area contributed by atoms with Crippen LogP contribution in [0.5, 0.6) is 0 Å². The van der Waals surface area contributed by atoms with Crippen LogP contribution >= 0.6 is 0 Å². The molecule has 1 aliphatic rings. The molecular weight excluding hydrogens is 320 g/mol. The summed E-state index contributed by atoms with van der Waals surface area (Å²) in [6.45, 7) is 2.33. The molecule has 0 amide bonds. The van der Waals surface area contributed by atoms with Crippen LogP contribution in [-0.2, 0) is 0 Å². The molecule has 0 aliphatic carbocycles. The lowest BCUT2D eigenvalue weighted by molar-refractivity contribution is -0.384. The zero-order chi connectivity index (χ0) is 17.8. The van der Waals surface area contributed by atoms with E-state index < -0.39 is 4.92 Å². The summed E-state index contributed by atoms with van der Waals surface area (Å²) in [5.41, 5.74) is 1.22. The second-order valence-electron chi connectivity index (χ2n) is 5.53. The van der Waals surface area contributed by atoms with E-state index in [9.17, 15) is 15.4 Å². The molecule has 1 aromatic carbocycles. The molecule has 0 saturated carbocycles. The highest BCUT2D eigenvalue weighted by Crippen LogP contribution is 2.30. The van der Waals surface area contributed by atoms with Crippen LogP contribution in [0.15, 0.2) is 36.5 Å². The molecule has 3 rings (SSSR count). The summed E-state index contributed by atoms with van der Waals surface area (Å²) >= 11 is 0. The van der Waals surface area contributed by atoms with E-state index in [-0.39, 0.29) is 11.3 Å². The molecule has 25 heavy (non-hydrogen) atoms. The molecule has 0 spiro atoms. The molecular formula is C17H14N6O2. The first-order valence-corrected chi connectivity index (χ1v) is 7.67. The number of nitriles is 2. The zero-order valence-electron chi connectivity index (χ0n) is 13.3.